The molecule has 17 rings (SSSR count). The lowest BCUT2D eigenvalue weighted by atomic mass is 10.1. The number of fused-ring (bicyclic) bond motifs is 6. The molecule has 33 heteroatoms. The fourth-order valence-corrected chi connectivity index (χ4v) is 17.0. The Labute approximate surface area is 750 Å². The Bertz CT molecular complexity index is 6500. The van der Waals surface area contributed by atoms with E-state index in [4.69, 9.17) is 20.2 Å². The number of anilines is 6. The van der Waals surface area contributed by atoms with Gasteiger partial charge in [0.05, 0.1) is 94.4 Å². The molecule has 0 aliphatic heterocycles. The summed E-state index contributed by atoms with van der Waals surface area (Å²) < 4.78 is 5.40. The van der Waals surface area contributed by atoms with Gasteiger partial charge in [-0.3, -0.25) is 5.43 Å². The highest BCUT2D eigenvalue weighted by Crippen LogP contribution is 2.40. The minimum absolute atomic E-state index is 0.0279. The Morgan fingerprint density at radius 1 is 0.346 bits per heavy atom. The Morgan fingerprint density at radius 3 is 1.03 bits per heavy atom. The maximum atomic E-state index is 10.1. The Hall–Kier alpha value is -15.0. The van der Waals surface area contributed by atoms with Gasteiger partial charge < -0.3 is 51.1 Å². The highest BCUT2D eigenvalue weighted by atomic mass is 32.1. The summed E-state index contributed by atoms with van der Waals surface area (Å²) in [6, 6.07) is 71.1. The van der Waals surface area contributed by atoms with Crippen LogP contribution in [0, 0.1) is 11.3 Å². The van der Waals surface area contributed by atoms with Gasteiger partial charge in [-0.1, -0.05) is 188 Å². The number of nitrogens with zero attached hydrogens (tertiary/aromatic N) is 17. The number of aromatic hydroxyl groups is 10. The number of phenols is 10. The lowest BCUT2D eigenvalue weighted by Gasteiger charge is -2.15. The van der Waals surface area contributed by atoms with Crippen LogP contribution in [-0.4, -0.2) is 137 Å². The van der Waals surface area contributed by atoms with Crippen LogP contribution in [0.5, 0.6) is 57.5 Å². The number of benzene rings is 11. The molecule has 6 aromatic heterocycles. The summed E-state index contributed by atoms with van der Waals surface area (Å²) in [4.78, 5) is 23.3. The van der Waals surface area contributed by atoms with Crippen molar-refractivity contribution in [2.45, 2.75) is 78.1 Å². The first-order valence-corrected chi connectivity index (χ1v) is 44.5. The van der Waals surface area contributed by atoms with E-state index < -0.39 is 0 Å². The summed E-state index contributed by atoms with van der Waals surface area (Å²) in [7, 11) is 0. The largest absolute Gasteiger partial charge is 0.508 e. The van der Waals surface area contributed by atoms with Crippen LogP contribution in [0.1, 0.15) is 106 Å². The van der Waals surface area contributed by atoms with Crippen molar-refractivity contribution in [3.63, 3.8) is 0 Å². The second-order valence-corrected chi connectivity index (χ2v) is 33.3. The standard InChI is InChI=1S/C21H14N4O2S2.C21H25N3O2S.C19H18N4O2S.C18H19N3O2S.C15H12N4O2/c26-14-9-10-17(27)13(11-14)12-22-25(20-23-15-5-1-3-7-18(15)28-20)21-24-16-6-2-4-8-19(16)29-21;1-2-3-4-5-8-13-24(21-23-18-9-6-7-10-20(18)27-21)22-15-16-14-17(25)11-12-19(16)26;20-10-4-1-5-11-23(19-22-16-6-2-3-7-18(16)26-19)21-13-14-12-15(24)8-9-17(14)25;1-2-3-10-21(18-20-15-6-4-5-7-17(15)24-18)19-12-13-11-14(22)8-9-16(13)23;20-12-5-6-14(21)11(7-12)9-17-19-15-13-4-2-1-3-10(13)8-16-18-15/h1-12,26-27H;6-7,9-12,14-15,25-26H,2-5,8,13H2,1H3;2-3,6-9,12-13,24-25H,1,4-5,11H2;4-9,11-12,22-23H,2-3,10H2,1H3;1-9,20-21H,(H,18,19)/b22-12+;22-15+;21-13+;19-12+;17-9+. The van der Waals surface area contributed by atoms with Crippen molar-refractivity contribution in [1.29, 1.82) is 5.26 Å². The molecular formula is C94H88N18O10S5. The number of aromatic nitrogens is 7. The zero-order chi connectivity index (χ0) is 88.8. The summed E-state index contributed by atoms with van der Waals surface area (Å²) >= 11 is 7.75. The van der Waals surface area contributed by atoms with E-state index >= 15 is 0 Å². The van der Waals surface area contributed by atoms with Crippen LogP contribution in [0.4, 0.5) is 31.5 Å². The van der Waals surface area contributed by atoms with Gasteiger partial charge in [-0.05, 0) is 177 Å². The normalized spacial score (nSPS) is 11.3. The first-order chi connectivity index (χ1) is 61.9. The topological polar surface area (TPSA) is 403 Å². The summed E-state index contributed by atoms with van der Waals surface area (Å²) in [5, 5.41) is 149. The quantitative estimate of drug-likeness (QED) is 0.00897. The van der Waals surface area contributed by atoms with Crippen LogP contribution in [0.3, 0.4) is 0 Å². The molecule has 28 nitrogen and oxygen atoms in total. The van der Waals surface area contributed by atoms with Crippen LogP contribution >= 0.6 is 56.7 Å². The minimum atomic E-state index is 0.0279. The van der Waals surface area contributed by atoms with E-state index in [0.29, 0.717) is 56.9 Å². The van der Waals surface area contributed by atoms with Crippen LogP contribution in [-0.2, 0) is 0 Å². The number of hydrogen-bond donors (Lipinski definition) is 11. The maximum absolute atomic E-state index is 10.1. The average molecular weight is 1790 g/mol. The number of hydrazone groups is 5. The maximum Gasteiger partial charge on any atom is 0.214 e. The number of unbranched alkanes of at least 4 members (excludes halogenated alkanes) is 7. The number of rotatable bonds is 29. The Kier molecular flexibility index (Phi) is 31.8. The number of hydrogen-bond acceptors (Lipinski definition) is 33. The van der Waals surface area contributed by atoms with Crippen molar-refractivity contribution in [1.82, 2.24) is 35.1 Å². The lowest BCUT2D eigenvalue weighted by Crippen LogP contribution is -2.18. The SMILES string of the molecule is CCCCCCCN(/N=C/c1cc(O)ccc1O)c1nc2ccccc2s1.CCCCN(/N=C/c1cc(O)ccc1O)c1nc2ccccc2s1.N#CCCCCN(/N=C/c1cc(O)ccc1O)c1nc2ccccc2s1.Oc1ccc(O)c(/C=N/N(c2nc3ccccc3s2)c2nc3ccccc3s2)c1.Oc1ccc(O)c(/C=N/Nc2nncc3ccccc23)c1. The molecule has 0 saturated heterocycles. The first kappa shape index (κ1) is 89.8. The first-order valence-electron chi connectivity index (χ1n) is 40.5. The molecule has 0 spiro atoms. The molecule has 0 bridgehead atoms. The van der Waals surface area contributed by atoms with Gasteiger partial charge in [-0.2, -0.15) is 40.9 Å². The molecular weight excluding hydrogens is 1700 g/mol. The second-order valence-electron chi connectivity index (χ2n) is 28.2. The average Bonchev–Trinajstić information content (AvgIpc) is 1.65. The molecule has 6 heterocycles. The summed E-state index contributed by atoms with van der Waals surface area (Å²) in [5.41, 5.74) is 9.55. The highest BCUT2D eigenvalue weighted by molar-refractivity contribution is 7.24. The molecule has 17 aromatic rings. The van der Waals surface area contributed by atoms with E-state index in [1.807, 2.05) is 150 Å². The fourth-order valence-electron chi connectivity index (χ4n) is 12.3. The van der Waals surface area contributed by atoms with Crippen LogP contribution < -0.4 is 25.5 Å². The van der Waals surface area contributed by atoms with E-state index in [2.05, 4.69) is 77.1 Å². The number of phenolic OH excluding ortho intramolecular Hbond substituents is 10. The van der Waals surface area contributed by atoms with E-state index in [1.165, 1.54) is 163 Å². The van der Waals surface area contributed by atoms with Gasteiger partial charge in [0.25, 0.3) is 0 Å². The molecule has 0 atom stereocenters. The molecule has 0 unspecified atom stereocenters. The van der Waals surface area contributed by atoms with Gasteiger partial charge in [-0.25, -0.2) is 39.9 Å². The molecule has 127 heavy (non-hydrogen) atoms. The monoisotopic (exact) mass is 1790 g/mol. The number of para-hydroxylation sites is 5. The minimum Gasteiger partial charge on any atom is -0.508 e. The zero-order valence-electron chi connectivity index (χ0n) is 68.8. The third kappa shape index (κ3) is 25.2. The Morgan fingerprint density at radius 2 is 0.661 bits per heavy atom. The molecule has 0 fully saturated rings. The van der Waals surface area contributed by atoms with Crippen molar-refractivity contribution >= 4 is 181 Å². The van der Waals surface area contributed by atoms with Gasteiger partial charge >= 0.3 is 0 Å². The number of nitriles is 1. The summed E-state index contributed by atoms with van der Waals surface area (Å²) in [6.07, 6.45) is 19.2. The molecule has 11 aromatic carbocycles. The van der Waals surface area contributed by atoms with Gasteiger partial charge in [-0.15, -0.1) is 5.10 Å². The fraction of sp³-hybridized carbons (Fsp3) is 0.160. The molecule has 0 saturated carbocycles. The molecule has 0 radical (unpaired) electrons. The Balaban J connectivity index is 0.000000136. The number of thiazole rings is 5. The van der Waals surface area contributed by atoms with Crippen molar-refractivity contribution < 1.29 is 51.1 Å². The van der Waals surface area contributed by atoms with E-state index in [-0.39, 0.29) is 57.5 Å². The van der Waals surface area contributed by atoms with Crippen molar-refractivity contribution in [2.24, 2.45) is 25.5 Å². The van der Waals surface area contributed by atoms with Gasteiger partial charge in [0.2, 0.25) is 25.7 Å². The third-order valence-electron chi connectivity index (χ3n) is 18.9. The predicted octanol–water partition coefficient (Wildman–Crippen LogP) is 22.1. The van der Waals surface area contributed by atoms with Crippen LogP contribution in [0.2, 0.25) is 0 Å². The van der Waals surface area contributed by atoms with E-state index in [9.17, 15) is 51.1 Å². The van der Waals surface area contributed by atoms with Gasteiger partial charge in [0, 0.05) is 64.6 Å². The van der Waals surface area contributed by atoms with Crippen LogP contribution in [0.25, 0.3) is 61.9 Å². The predicted molar refractivity (Wildman–Crippen MR) is 515 cm³/mol. The van der Waals surface area contributed by atoms with Crippen LogP contribution in [0.15, 0.2) is 268 Å². The van der Waals surface area contributed by atoms with Crippen molar-refractivity contribution in [3.8, 4) is 63.6 Å². The molecule has 0 amide bonds. The second kappa shape index (κ2) is 44.9. The molecule has 644 valence electrons. The van der Waals surface area contributed by atoms with Crippen molar-refractivity contribution in [2.75, 3.05) is 45.1 Å². The van der Waals surface area contributed by atoms with Gasteiger partial charge in [0.15, 0.2) is 5.82 Å². The lowest BCUT2D eigenvalue weighted by molar-refractivity contribution is 0.459. The summed E-state index contributed by atoms with van der Waals surface area (Å²) in [5.74, 6) is 1.14. The smallest absolute Gasteiger partial charge is 0.214 e. The molecule has 0 aliphatic carbocycles. The third-order valence-corrected chi connectivity index (χ3v) is 24.0. The summed E-state index contributed by atoms with van der Waals surface area (Å²) in [6.45, 7) is 6.45. The number of nitrogens with one attached hydrogen (secondary N) is 1. The van der Waals surface area contributed by atoms with E-state index in [1.54, 1.807) is 51.3 Å². The highest BCUT2D eigenvalue weighted by Gasteiger charge is 2.21. The zero-order valence-corrected chi connectivity index (χ0v) is 72.9. The van der Waals surface area contributed by atoms with E-state index in [0.717, 1.165) is 129 Å². The molecule has 11 N–H and O–H groups in total. The van der Waals surface area contributed by atoms with Gasteiger partial charge in [0.1, 0.15) is 57.5 Å². The molecule has 0 aliphatic rings. The van der Waals surface area contributed by atoms with Crippen molar-refractivity contribution in [3.05, 3.63) is 271 Å².